The van der Waals surface area contributed by atoms with Crippen LogP contribution in [0, 0.1) is 22.7 Å². The number of hydrogen-bond acceptors (Lipinski definition) is 6. The molecule has 3 aliphatic carbocycles. The summed E-state index contributed by atoms with van der Waals surface area (Å²) in [6.45, 7) is 0. The Balaban J connectivity index is 0.000000149. The van der Waals surface area contributed by atoms with Crippen molar-refractivity contribution in [2.45, 2.75) is 10.8 Å². The molecule has 0 aliphatic heterocycles. The summed E-state index contributed by atoms with van der Waals surface area (Å²) in [5.41, 5.74) is 38.4. The molecule has 17 aromatic carbocycles. The molecule has 0 radical (unpaired) electrons. The van der Waals surface area contributed by atoms with Crippen LogP contribution in [0.1, 0.15) is 55.6 Å². The number of aromatic nitrogens is 4. The topological polar surface area (TPSA) is 99.1 Å². The molecule has 19 aromatic rings. The lowest BCUT2D eigenvalue weighted by Gasteiger charge is -2.34. The van der Waals surface area contributed by atoms with Gasteiger partial charge in [-0.25, -0.2) is 19.9 Å². The summed E-state index contributed by atoms with van der Waals surface area (Å²) in [6, 6.07) is 159. The lowest BCUT2D eigenvalue weighted by molar-refractivity contribution is 0.768. The second-order valence-electron chi connectivity index (χ2n) is 30.9. The summed E-state index contributed by atoms with van der Waals surface area (Å²) in [6.07, 6.45) is 0. The largest absolute Gasteiger partial charge is 0.228 e. The normalized spacial score (nSPS) is 12.4. The van der Waals surface area contributed by atoms with Crippen LogP contribution >= 0.6 is 0 Å². The molecule has 6 heteroatoms. The van der Waals surface area contributed by atoms with E-state index < -0.39 is 10.8 Å². The zero-order valence-corrected chi connectivity index (χ0v) is 65.3. The molecule has 0 saturated carbocycles. The highest BCUT2D eigenvalue weighted by molar-refractivity contribution is 5.97. The van der Waals surface area contributed by atoms with E-state index in [1.165, 1.54) is 72.3 Å². The van der Waals surface area contributed by atoms with Gasteiger partial charge in [0.15, 0.2) is 11.6 Å². The van der Waals surface area contributed by atoms with Gasteiger partial charge in [0.1, 0.15) is 0 Å². The zero-order valence-electron chi connectivity index (χ0n) is 65.3. The maximum Gasteiger partial charge on any atom is 0.160 e. The molecule has 6 nitrogen and oxygen atoms in total. The standard InChI is InChI=1S/C60H39N3.C54H33N3/c61-40-41-21-35-53-54-36-34-50(38-56(54)60(55(53)37-41,51-17-9-3-10-18-51)52-19-11-4-12-20-52)46-24-22-44(23-25-46)45-26-30-48(31-27-45)58-39-57(47-15-7-2-8-16-47)62-59(63-58)49-32-28-43(29-33-49)42-13-5-1-6-14-42;55-34-35-19-29-45-46-30-28-42(32-50(46)54(49(45)31-35)47-17-9-7-15-43(47)44-16-8-10-18-48(44)54)38-22-20-36(21-23-38)37-24-26-40(27-25-37)52-33-51(39-11-3-1-4-12-39)56-53(57-52)41-13-5-2-6-14-41/h1-39H;1-33H. The Hall–Kier alpha value is -16.1. The molecule has 120 heavy (non-hydrogen) atoms. The third-order valence-corrected chi connectivity index (χ3v) is 24.2. The van der Waals surface area contributed by atoms with E-state index in [0.29, 0.717) is 22.8 Å². The third kappa shape index (κ3) is 12.5. The first-order chi connectivity index (χ1) is 59.3. The second kappa shape index (κ2) is 30.3. The van der Waals surface area contributed by atoms with E-state index in [1.54, 1.807) is 0 Å². The highest BCUT2D eigenvalue weighted by atomic mass is 14.9. The molecule has 0 atom stereocenters. The van der Waals surface area contributed by atoms with E-state index in [0.717, 1.165) is 117 Å². The molecule has 0 unspecified atom stereocenters. The van der Waals surface area contributed by atoms with Crippen molar-refractivity contribution < 1.29 is 0 Å². The number of hydrogen-bond donors (Lipinski definition) is 0. The molecule has 2 aromatic heterocycles. The van der Waals surface area contributed by atoms with Crippen LogP contribution < -0.4 is 0 Å². The quantitative estimate of drug-likeness (QED) is 0.114. The predicted molar refractivity (Wildman–Crippen MR) is 487 cm³/mol. The van der Waals surface area contributed by atoms with Crippen LogP contribution in [0.5, 0.6) is 0 Å². The van der Waals surface area contributed by atoms with E-state index >= 15 is 0 Å². The smallest absolute Gasteiger partial charge is 0.160 e. The van der Waals surface area contributed by atoms with E-state index in [9.17, 15) is 10.5 Å². The van der Waals surface area contributed by atoms with Gasteiger partial charge in [0.25, 0.3) is 0 Å². The third-order valence-electron chi connectivity index (χ3n) is 24.2. The molecule has 2 heterocycles. The zero-order chi connectivity index (χ0) is 80.1. The summed E-state index contributed by atoms with van der Waals surface area (Å²) in [7, 11) is 0. The van der Waals surface area contributed by atoms with Crippen molar-refractivity contribution in [3.8, 4) is 169 Å². The minimum atomic E-state index is -0.586. The lowest BCUT2D eigenvalue weighted by Crippen LogP contribution is -2.28. The van der Waals surface area contributed by atoms with Crippen molar-refractivity contribution in [1.29, 1.82) is 10.5 Å². The van der Waals surface area contributed by atoms with Crippen LogP contribution in [-0.4, -0.2) is 19.9 Å². The van der Waals surface area contributed by atoms with Gasteiger partial charge in [0.2, 0.25) is 0 Å². The van der Waals surface area contributed by atoms with E-state index in [2.05, 4.69) is 376 Å². The fourth-order valence-electron chi connectivity index (χ4n) is 18.5. The van der Waals surface area contributed by atoms with Crippen molar-refractivity contribution in [2.24, 2.45) is 0 Å². The lowest BCUT2D eigenvalue weighted by atomic mass is 9.67. The summed E-state index contributed by atoms with van der Waals surface area (Å²) in [4.78, 5) is 20.1. The highest BCUT2D eigenvalue weighted by Crippen LogP contribution is 2.64. The molecule has 558 valence electrons. The first kappa shape index (κ1) is 71.6. The van der Waals surface area contributed by atoms with Gasteiger partial charge in [-0.05, 0) is 182 Å². The average molecular weight is 1530 g/mol. The van der Waals surface area contributed by atoms with Crippen molar-refractivity contribution in [3.63, 3.8) is 0 Å². The van der Waals surface area contributed by atoms with Crippen LogP contribution in [0.2, 0.25) is 0 Å². The SMILES string of the molecule is N#Cc1ccc2c(c1)C(c1ccccc1)(c1ccccc1)c1cc(-c3ccc(-c4ccc(-c5cc(-c6ccccc6)nc(-c6ccc(-c7ccccc7)cc6)n5)cc4)cc3)ccc1-2.N#Cc1ccc2c(c1)C1(c3ccccc3-c3ccccc31)c1cc(-c3ccc(-c4ccc(-c5cc(-c6ccccc6)nc(-c6ccccc6)n5)cc4)cc3)ccc1-2. The Labute approximate surface area is 698 Å². The molecular formula is C114H72N6. The van der Waals surface area contributed by atoms with Crippen molar-refractivity contribution in [1.82, 2.24) is 19.9 Å². The molecule has 0 saturated heterocycles. The van der Waals surface area contributed by atoms with Crippen molar-refractivity contribution >= 4 is 0 Å². The van der Waals surface area contributed by atoms with Crippen LogP contribution in [0.4, 0.5) is 0 Å². The average Bonchev–Trinajstić information content (AvgIpc) is 1.47. The maximum absolute atomic E-state index is 10.0. The molecule has 3 aliphatic rings. The van der Waals surface area contributed by atoms with Gasteiger partial charge < -0.3 is 0 Å². The number of rotatable bonds is 13. The predicted octanol–water partition coefficient (Wildman–Crippen LogP) is 27.7. The van der Waals surface area contributed by atoms with Gasteiger partial charge in [-0.2, -0.15) is 10.5 Å². The van der Waals surface area contributed by atoms with Gasteiger partial charge >= 0.3 is 0 Å². The highest BCUT2D eigenvalue weighted by Gasteiger charge is 2.52. The van der Waals surface area contributed by atoms with E-state index in [-0.39, 0.29) is 0 Å². The monoisotopic (exact) mass is 1520 g/mol. The Morgan fingerprint density at radius 1 is 0.167 bits per heavy atom. The number of nitriles is 2. The van der Waals surface area contributed by atoms with Crippen molar-refractivity contribution in [3.05, 3.63) is 492 Å². The van der Waals surface area contributed by atoms with Gasteiger partial charge in [-0.15, -0.1) is 0 Å². The fourth-order valence-corrected chi connectivity index (χ4v) is 18.5. The summed E-state index contributed by atoms with van der Waals surface area (Å²) in [5, 5.41) is 20.1. The van der Waals surface area contributed by atoms with Crippen LogP contribution in [0.15, 0.2) is 437 Å². The number of nitrogens with zero attached hydrogens (tertiary/aromatic N) is 6. The molecular weight excluding hydrogens is 1450 g/mol. The molecule has 1 spiro atoms. The van der Waals surface area contributed by atoms with E-state index in [4.69, 9.17) is 19.9 Å². The van der Waals surface area contributed by atoms with Crippen LogP contribution in [0.25, 0.3) is 157 Å². The van der Waals surface area contributed by atoms with Gasteiger partial charge in [0.05, 0.1) is 56.9 Å². The van der Waals surface area contributed by atoms with Crippen LogP contribution in [0.3, 0.4) is 0 Å². The molecule has 0 N–H and O–H groups in total. The minimum Gasteiger partial charge on any atom is -0.228 e. The summed E-state index contributed by atoms with van der Waals surface area (Å²) < 4.78 is 0. The van der Waals surface area contributed by atoms with Crippen molar-refractivity contribution in [2.75, 3.05) is 0 Å². The Morgan fingerprint density at radius 3 is 0.750 bits per heavy atom. The second-order valence-corrected chi connectivity index (χ2v) is 30.9. The number of benzene rings is 17. The first-order valence-corrected chi connectivity index (χ1v) is 40.6. The molecule has 0 fully saturated rings. The first-order valence-electron chi connectivity index (χ1n) is 40.6. The van der Waals surface area contributed by atoms with Gasteiger partial charge in [-0.3, -0.25) is 0 Å². The van der Waals surface area contributed by atoms with Crippen LogP contribution in [-0.2, 0) is 10.8 Å². The molecule has 0 bridgehead atoms. The van der Waals surface area contributed by atoms with E-state index in [1.807, 2.05) is 72.8 Å². The summed E-state index contributed by atoms with van der Waals surface area (Å²) in [5.74, 6) is 1.40. The van der Waals surface area contributed by atoms with Gasteiger partial charge in [-0.1, -0.05) is 388 Å². The molecule has 0 amide bonds. The Bertz CT molecular complexity index is 7060. The maximum atomic E-state index is 10.0. The minimum absolute atomic E-state index is 0.504. The molecule has 22 rings (SSSR count). The number of fused-ring (bicyclic) bond motifs is 13. The fraction of sp³-hybridized carbons (Fsp3) is 0.0175. The summed E-state index contributed by atoms with van der Waals surface area (Å²) >= 11 is 0. The van der Waals surface area contributed by atoms with Gasteiger partial charge in [0, 0.05) is 33.4 Å². The Morgan fingerprint density at radius 2 is 0.392 bits per heavy atom. The Kier molecular flexibility index (Phi) is 18.1.